The van der Waals surface area contributed by atoms with Crippen LogP contribution in [0.25, 0.3) is 0 Å². The Hall–Kier alpha value is -1.20. The van der Waals surface area contributed by atoms with Gasteiger partial charge in [0.15, 0.2) is 0 Å². The van der Waals surface area contributed by atoms with Gasteiger partial charge in [-0.2, -0.15) is 0 Å². The number of aliphatic hydroxyl groups is 3. The fourth-order valence-corrected chi connectivity index (χ4v) is 6.63. The van der Waals surface area contributed by atoms with Crippen molar-refractivity contribution in [3.8, 4) is 0 Å². The standard InChI is InChI=1S/C27H40O3.H2O/c1-17(6-13-25(29)20-8-9-20)23-11-12-24-19(5-4-14-27(23,24)3)7-10-21-15-22(28)16-26(30)18(21)2;/h6-7,10,13,17,20,22-26,28-30H,2,4-5,8-9,11-12,14-16H2,1,3H3;1H2/b13-6+,19-7?,21-10-;/t17-,22-,23-,24+,25-,26+,27-;/m1./s1. The van der Waals surface area contributed by atoms with Crippen molar-refractivity contribution in [2.24, 2.45) is 29.1 Å². The molecule has 0 aromatic carbocycles. The van der Waals surface area contributed by atoms with Crippen molar-refractivity contribution < 1.29 is 20.8 Å². The van der Waals surface area contributed by atoms with Crippen LogP contribution >= 0.6 is 0 Å². The molecular weight excluding hydrogens is 388 g/mol. The van der Waals surface area contributed by atoms with Crippen LogP contribution in [0.3, 0.4) is 0 Å². The van der Waals surface area contributed by atoms with E-state index in [1.54, 1.807) is 0 Å². The Bertz CT molecular complexity index is 746. The average Bonchev–Trinajstić information content (AvgIpc) is 3.49. The SMILES string of the molecule is C=C1/C(=C\C=C2CCC[C@]3(C)[C@@H]([C@H](C)/C=C/[C@@H](O)C4CC4)CC[C@@H]23)C[C@@H](O)C[C@@H]1O.O. The molecule has 4 fully saturated rings. The van der Waals surface area contributed by atoms with Gasteiger partial charge in [0.25, 0.3) is 0 Å². The zero-order valence-corrected chi connectivity index (χ0v) is 19.3. The van der Waals surface area contributed by atoms with E-state index >= 15 is 0 Å². The number of fused-ring (bicyclic) bond motifs is 1. The van der Waals surface area contributed by atoms with Crippen LogP contribution in [0.2, 0.25) is 0 Å². The van der Waals surface area contributed by atoms with Gasteiger partial charge in [-0.1, -0.05) is 50.3 Å². The van der Waals surface area contributed by atoms with Crippen molar-refractivity contribution in [2.75, 3.05) is 0 Å². The first-order valence-corrected chi connectivity index (χ1v) is 12.1. The first-order valence-electron chi connectivity index (χ1n) is 12.1. The first-order chi connectivity index (χ1) is 14.3. The summed E-state index contributed by atoms with van der Waals surface area (Å²) in [5.41, 5.74) is 3.63. The molecule has 7 atom stereocenters. The van der Waals surface area contributed by atoms with Crippen LogP contribution in [0.1, 0.15) is 71.6 Å². The maximum atomic E-state index is 10.2. The molecule has 0 unspecified atom stereocenters. The number of aliphatic hydroxyl groups excluding tert-OH is 3. The monoisotopic (exact) mass is 430 g/mol. The van der Waals surface area contributed by atoms with Gasteiger partial charge < -0.3 is 20.8 Å². The first kappa shape index (κ1) is 24.4. The zero-order chi connectivity index (χ0) is 21.5. The minimum absolute atomic E-state index is 0. The van der Waals surface area contributed by atoms with Crippen LogP contribution in [0.4, 0.5) is 0 Å². The highest BCUT2D eigenvalue weighted by Gasteiger charge is 2.50. The second-order valence-electron chi connectivity index (χ2n) is 10.7. The molecule has 4 saturated carbocycles. The summed E-state index contributed by atoms with van der Waals surface area (Å²) in [7, 11) is 0. The molecule has 0 spiro atoms. The molecule has 0 amide bonds. The molecule has 4 nitrogen and oxygen atoms in total. The van der Waals surface area contributed by atoms with E-state index in [2.05, 4.69) is 44.7 Å². The summed E-state index contributed by atoms with van der Waals surface area (Å²) < 4.78 is 0. The van der Waals surface area contributed by atoms with Gasteiger partial charge in [-0.05, 0) is 91.6 Å². The predicted molar refractivity (Wildman–Crippen MR) is 125 cm³/mol. The van der Waals surface area contributed by atoms with Gasteiger partial charge in [-0.25, -0.2) is 0 Å². The lowest BCUT2D eigenvalue weighted by Gasteiger charge is -2.44. The Balaban J connectivity index is 0.00000272. The van der Waals surface area contributed by atoms with Crippen LogP contribution in [0, 0.1) is 29.1 Å². The van der Waals surface area contributed by atoms with Crippen LogP contribution in [-0.2, 0) is 0 Å². The molecule has 0 heterocycles. The van der Waals surface area contributed by atoms with E-state index in [4.69, 9.17) is 0 Å². The van der Waals surface area contributed by atoms with E-state index in [1.165, 1.54) is 44.1 Å². The number of hydrogen-bond donors (Lipinski definition) is 3. The van der Waals surface area contributed by atoms with Gasteiger partial charge in [0.1, 0.15) is 0 Å². The third-order valence-corrected chi connectivity index (χ3v) is 8.65. The summed E-state index contributed by atoms with van der Waals surface area (Å²) in [5, 5.41) is 30.4. The van der Waals surface area contributed by atoms with Crippen LogP contribution in [-0.4, -0.2) is 39.1 Å². The summed E-state index contributed by atoms with van der Waals surface area (Å²) in [6, 6.07) is 0. The van der Waals surface area contributed by atoms with Gasteiger partial charge in [-0.15, -0.1) is 0 Å². The molecule has 0 aromatic heterocycles. The largest absolute Gasteiger partial charge is 0.412 e. The average molecular weight is 431 g/mol. The molecule has 0 radical (unpaired) electrons. The second-order valence-corrected chi connectivity index (χ2v) is 10.7. The van der Waals surface area contributed by atoms with Gasteiger partial charge in [0.05, 0.1) is 18.3 Å². The summed E-state index contributed by atoms with van der Waals surface area (Å²) in [5.74, 6) is 2.28. The number of rotatable bonds is 5. The Labute approximate surface area is 187 Å². The fourth-order valence-electron chi connectivity index (χ4n) is 6.63. The van der Waals surface area contributed by atoms with Crippen molar-refractivity contribution in [2.45, 2.75) is 89.9 Å². The minimum atomic E-state index is -0.621. The van der Waals surface area contributed by atoms with Crippen molar-refractivity contribution in [3.05, 3.63) is 47.6 Å². The van der Waals surface area contributed by atoms with E-state index in [1.807, 2.05) is 0 Å². The minimum Gasteiger partial charge on any atom is -0.412 e. The highest BCUT2D eigenvalue weighted by molar-refractivity contribution is 5.38. The molecule has 0 saturated heterocycles. The van der Waals surface area contributed by atoms with Crippen molar-refractivity contribution in [3.63, 3.8) is 0 Å². The lowest BCUT2D eigenvalue weighted by atomic mass is 9.61. The molecule has 4 aliphatic carbocycles. The smallest absolute Gasteiger partial charge is 0.0811 e. The summed E-state index contributed by atoms with van der Waals surface area (Å²) in [6.07, 6.45) is 16.9. The maximum Gasteiger partial charge on any atom is 0.0811 e. The highest BCUT2D eigenvalue weighted by Crippen LogP contribution is 2.59. The Morgan fingerprint density at radius 2 is 1.84 bits per heavy atom. The Morgan fingerprint density at radius 1 is 1.10 bits per heavy atom. The van der Waals surface area contributed by atoms with Crippen molar-refractivity contribution in [1.29, 1.82) is 0 Å². The van der Waals surface area contributed by atoms with E-state index in [9.17, 15) is 15.3 Å². The molecule has 4 rings (SSSR count). The molecule has 5 N–H and O–H groups in total. The van der Waals surface area contributed by atoms with Gasteiger partial charge in [0.2, 0.25) is 0 Å². The van der Waals surface area contributed by atoms with Crippen LogP contribution < -0.4 is 0 Å². The molecule has 31 heavy (non-hydrogen) atoms. The van der Waals surface area contributed by atoms with Gasteiger partial charge in [-0.3, -0.25) is 0 Å². The molecule has 4 aliphatic rings. The molecule has 0 aliphatic heterocycles. The zero-order valence-electron chi connectivity index (χ0n) is 19.3. The maximum absolute atomic E-state index is 10.2. The fraction of sp³-hybridized carbons (Fsp3) is 0.704. The molecule has 174 valence electrons. The molecule has 0 aromatic rings. The second kappa shape index (κ2) is 9.74. The van der Waals surface area contributed by atoms with Crippen molar-refractivity contribution >= 4 is 0 Å². The summed E-state index contributed by atoms with van der Waals surface area (Å²) >= 11 is 0. The van der Waals surface area contributed by atoms with Crippen LogP contribution in [0.15, 0.2) is 47.6 Å². The number of hydrogen-bond acceptors (Lipinski definition) is 3. The van der Waals surface area contributed by atoms with E-state index in [0.29, 0.717) is 41.9 Å². The lowest BCUT2D eigenvalue weighted by molar-refractivity contribution is 0.0862. The molecule has 0 bridgehead atoms. The van der Waals surface area contributed by atoms with Crippen molar-refractivity contribution in [1.82, 2.24) is 0 Å². The Morgan fingerprint density at radius 3 is 2.55 bits per heavy atom. The third kappa shape index (κ3) is 5.08. The topological polar surface area (TPSA) is 92.2 Å². The Kier molecular flexibility index (Phi) is 7.68. The summed E-state index contributed by atoms with van der Waals surface area (Å²) in [6.45, 7) is 8.88. The van der Waals surface area contributed by atoms with Gasteiger partial charge >= 0.3 is 0 Å². The van der Waals surface area contributed by atoms with E-state index in [0.717, 1.165) is 17.6 Å². The van der Waals surface area contributed by atoms with E-state index in [-0.39, 0.29) is 11.6 Å². The quantitative estimate of drug-likeness (QED) is 0.569. The molecule has 4 heteroatoms. The normalized spacial score (nSPS) is 40.7. The van der Waals surface area contributed by atoms with E-state index < -0.39 is 12.2 Å². The predicted octanol–water partition coefficient (Wildman–Crippen LogP) is 4.27. The van der Waals surface area contributed by atoms with Gasteiger partial charge in [0, 0.05) is 6.42 Å². The van der Waals surface area contributed by atoms with Crippen LogP contribution in [0.5, 0.6) is 0 Å². The number of allylic oxidation sites excluding steroid dienone is 4. The summed E-state index contributed by atoms with van der Waals surface area (Å²) in [4.78, 5) is 0. The molecular formula is C27H42O4. The third-order valence-electron chi connectivity index (χ3n) is 8.65. The lowest BCUT2D eigenvalue weighted by Crippen LogP contribution is -2.35. The highest BCUT2D eigenvalue weighted by atomic mass is 16.3.